The van der Waals surface area contributed by atoms with Crippen molar-refractivity contribution in [2.75, 3.05) is 44.8 Å². The molecule has 6 nitrogen and oxygen atoms in total. The molecule has 1 aliphatic heterocycles. The number of anilines is 1. The number of piperidine rings is 1. The van der Waals surface area contributed by atoms with Gasteiger partial charge in [-0.15, -0.1) is 0 Å². The molecule has 23 heavy (non-hydrogen) atoms. The van der Waals surface area contributed by atoms with Crippen LogP contribution in [0.5, 0.6) is 0 Å². The van der Waals surface area contributed by atoms with E-state index in [1.165, 1.54) is 24.8 Å². The Morgan fingerprint density at radius 3 is 2.87 bits per heavy atom. The fraction of sp³-hybridized carbons (Fsp3) is 0.647. The molecule has 2 rings (SSSR count). The van der Waals surface area contributed by atoms with Crippen molar-refractivity contribution in [3.05, 3.63) is 23.9 Å². The van der Waals surface area contributed by atoms with Crippen molar-refractivity contribution in [3.63, 3.8) is 0 Å². The van der Waals surface area contributed by atoms with Gasteiger partial charge in [0.2, 0.25) is 0 Å². The van der Waals surface area contributed by atoms with Gasteiger partial charge in [0.25, 0.3) is 0 Å². The fourth-order valence-electron chi connectivity index (χ4n) is 2.66. The largest absolute Gasteiger partial charge is 0.380 e. The van der Waals surface area contributed by atoms with Crippen molar-refractivity contribution in [1.29, 1.82) is 0 Å². The summed E-state index contributed by atoms with van der Waals surface area (Å²) in [5, 5.41) is 6.57. The minimum absolute atomic E-state index is 0.686. The summed E-state index contributed by atoms with van der Waals surface area (Å²) in [6, 6.07) is 4.22. The summed E-state index contributed by atoms with van der Waals surface area (Å²) >= 11 is 0. The van der Waals surface area contributed by atoms with Crippen LogP contribution >= 0.6 is 0 Å². The first-order chi connectivity index (χ1) is 11.3. The fourth-order valence-corrected chi connectivity index (χ4v) is 2.66. The molecule has 1 fully saturated rings. The van der Waals surface area contributed by atoms with Crippen molar-refractivity contribution in [2.45, 2.75) is 32.7 Å². The van der Waals surface area contributed by atoms with E-state index in [0.29, 0.717) is 6.61 Å². The summed E-state index contributed by atoms with van der Waals surface area (Å²) in [4.78, 5) is 11.1. The monoisotopic (exact) mass is 319 g/mol. The molecule has 0 bridgehead atoms. The van der Waals surface area contributed by atoms with Crippen LogP contribution in [0.3, 0.4) is 0 Å². The van der Waals surface area contributed by atoms with Crippen LogP contribution in [0.4, 0.5) is 5.82 Å². The normalized spacial score (nSPS) is 15.6. The third kappa shape index (κ3) is 6.06. The number of hydrogen-bond acceptors (Lipinski definition) is 4. The molecule has 0 spiro atoms. The summed E-state index contributed by atoms with van der Waals surface area (Å²) in [5.41, 5.74) is 1.22. The molecule has 1 aromatic rings. The average molecular weight is 319 g/mol. The summed E-state index contributed by atoms with van der Waals surface area (Å²) in [6.45, 7) is 7.14. The lowest BCUT2D eigenvalue weighted by Crippen LogP contribution is -2.38. The van der Waals surface area contributed by atoms with Gasteiger partial charge in [-0.05, 0) is 43.9 Å². The molecule has 0 unspecified atom stereocenters. The van der Waals surface area contributed by atoms with Crippen LogP contribution in [0.25, 0.3) is 0 Å². The lowest BCUT2D eigenvalue weighted by atomic mass is 10.1. The second kappa shape index (κ2) is 10.0. The average Bonchev–Trinajstić information content (AvgIpc) is 2.62. The van der Waals surface area contributed by atoms with Crippen molar-refractivity contribution < 1.29 is 4.74 Å². The van der Waals surface area contributed by atoms with Crippen LogP contribution in [0.1, 0.15) is 31.7 Å². The van der Waals surface area contributed by atoms with Gasteiger partial charge in [-0.25, -0.2) is 4.98 Å². The van der Waals surface area contributed by atoms with E-state index in [9.17, 15) is 0 Å². The Labute approximate surface area is 139 Å². The first-order valence-electron chi connectivity index (χ1n) is 8.55. The Morgan fingerprint density at radius 1 is 1.30 bits per heavy atom. The van der Waals surface area contributed by atoms with E-state index in [2.05, 4.69) is 31.6 Å². The van der Waals surface area contributed by atoms with Crippen LogP contribution in [-0.4, -0.2) is 50.8 Å². The van der Waals surface area contributed by atoms with E-state index in [0.717, 1.165) is 44.6 Å². The highest BCUT2D eigenvalue weighted by Crippen LogP contribution is 2.18. The zero-order valence-corrected chi connectivity index (χ0v) is 14.3. The molecule has 0 aliphatic carbocycles. The minimum atomic E-state index is 0.686. The van der Waals surface area contributed by atoms with Crippen LogP contribution in [0.2, 0.25) is 0 Å². The molecule has 0 amide bonds. The highest BCUT2D eigenvalue weighted by atomic mass is 16.5. The van der Waals surface area contributed by atoms with Gasteiger partial charge < -0.3 is 20.3 Å². The molecule has 2 N–H and O–H groups in total. The topological polar surface area (TPSA) is 61.8 Å². The van der Waals surface area contributed by atoms with Gasteiger partial charge in [0.05, 0.1) is 6.61 Å². The number of ether oxygens (including phenoxy) is 1. The zero-order chi connectivity index (χ0) is 16.3. The third-order valence-electron chi connectivity index (χ3n) is 3.92. The number of rotatable bonds is 7. The van der Waals surface area contributed by atoms with Gasteiger partial charge >= 0.3 is 0 Å². The number of aromatic nitrogens is 1. The molecule has 0 atom stereocenters. The maximum absolute atomic E-state index is 5.32. The Morgan fingerprint density at radius 2 is 2.13 bits per heavy atom. The van der Waals surface area contributed by atoms with Gasteiger partial charge in [-0.3, -0.25) is 4.99 Å². The minimum Gasteiger partial charge on any atom is -0.380 e. The smallest absolute Gasteiger partial charge is 0.191 e. The first-order valence-corrected chi connectivity index (χ1v) is 8.55. The predicted molar refractivity (Wildman–Crippen MR) is 95.0 cm³/mol. The van der Waals surface area contributed by atoms with Crippen molar-refractivity contribution >= 4 is 11.8 Å². The lowest BCUT2D eigenvalue weighted by Gasteiger charge is -2.28. The Bertz CT molecular complexity index is 486. The molecular formula is C17H29N5O. The van der Waals surface area contributed by atoms with E-state index in [-0.39, 0.29) is 0 Å². The number of guanidine groups is 1. The van der Waals surface area contributed by atoms with Crippen molar-refractivity contribution in [3.8, 4) is 0 Å². The Hall–Kier alpha value is -1.82. The summed E-state index contributed by atoms with van der Waals surface area (Å²) in [5.74, 6) is 1.88. The molecule has 1 aromatic heterocycles. The van der Waals surface area contributed by atoms with Gasteiger partial charge in [0, 0.05) is 46.0 Å². The van der Waals surface area contributed by atoms with E-state index < -0.39 is 0 Å². The first kappa shape index (κ1) is 17.5. The molecule has 1 saturated heterocycles. The molecule has 0 saturated carbocycles. The van der Waals surface area contributed by atoms with E-state index >= 15 is 0 Å². The second-order valence-corrected chi connectivity index (χ2v) is 5.62. The molecule has 128 valence electrons. The van der Waals surface area contributed by atoms with Crippen LogP contribution in [0.15, 0.2) is 23.3 Å². The second-order valence-electron chi connectivity index (χ2n) is 5.62. The standard InChI is InChI=1S/C17H29N5O/c1-3-23-12-9-20-17(18-2)21-14-15-7-8-19-16(13-15)22-10-5-4-6-11-22/h7-8,13H,3-6,9-12,14H2,1-2H3,(H2,18,20,21). The van der Waals surface area contributed by atoms with E-state index in [1.54, 1.807) is 7.05 Å². The third-order valence-corrected chi connectivity index (χ3v) is 3.92. The van der Waals surface area contributed by atoms with Crippen LogP contribution in [-0.2, 0) is 11.3 Å². The zero-order valence-electron chi connectivity index (χ0n) is 14.3. The van der Waals surface area contributed by atoms with Gasteiger partial charge in [0.1, 0.15) is 5.82 Å². The van der Waals surface area contributed by atoms with Crippen LogP contribution < -0.4 is 15.5 Å². The quantitative estimate of drug-likeness (QED) is 0.456. The SMILES string of the molecule is CCOCCNC(=NC)NCc1ccnc(N2CCCCC2)c1. The highest BCUT2D eigenvalue weighted by molar-refractivity contribution is 5.79. The number of aliphatic imine (C=N–C) groups is 1. The van der Waals surface area contributed by atoms with Gasteiger partial charge in [-0.2, -0.15) is 0 Å². The van der Waals surface area contributed by atoms with Crippen molar-refractivity contribution in [1.82, 2.24) is 15.6 Å². The van der Waals surface area contributed by atoms with Gasteiger partial charge in [0.15, 0.2) is 5.96 Å². The highest BCUT2D eigenvalue weighted by Gasteiger charge is 2.12. The molecular weight excluding hydrogens is 290 g/mol. The Kier molecular flexibility index (Phi) is 7.66. The summed E-state index contributed by atoms with van der Waals surface area (Å²) in [7, 11) is 1.78. The molecule has 2 heterocycles. The lowest BCUT2D eigenvalue weighted by molar-refractivity contribution is 0.152. The molecule has 0 radical (unpaired) electrons. The molecule has 1 aliphatic rings. The number of pyridine rings is 1. The maximum atomic E-state index is 5.32. The van der Waals surface area contributed by atoms with E-state index in [1.807, 2.05) is 19.2 Å². The number of hydrogen-bond donors (Lipinski definition) is 2. The summed E-state index contributed by atoms with van der Waals surface area (Å²) in [6.07, 6.45) is 5.76. The van der Waals surface area contributed by atoms with Gasteiger partial charge in [-0.1, -0.05) is 0 Å². The predicted octanol–water partition coefficient (Wildman–Crippen LogP) is 1.77. The molecule has 6 heteroatoms. The van der Waals surface area contributed by atoms with Crippen molar-refractivity contribution in [2.24, 2.45) is 4.99 Å². The number of nitrogens with one attached hydrogen (secondary N) is 2. The molecule has 0 aromatic carbocycles. The maximum Gasteiger partial charge on any atom is 0.191 e. The van der Waals surface area contributed by atoms with Crippen LogP contribution in [0, 0.1) is 0 Å². The Balaban J connectivity index is 1.82. The number of nitrogens with zero attached hydrogens (tertiary/aromatic N) is 3. The summed E-state index contributed by atoms with van der Waals surface area (Å²) < 4.78 is 5.32. The van der Waals surface area contributed by atoms with E-state index in [4.69, 9.17) is 4.74 Å².